The number of carbonyl (C=O) groups is 4. The van der Waals surface area contributed by atoms with Crippen LogP contribution in [0.15, 0.2) is 0 Å². The summed E-state index contributed by atoms with van der Waals surface area (Å²) in [6.45, 7) is 6.82. The van der Waals surface area contributed by atoms with Crippen molar-refractivity contribution in [3.05, 3.63) is 0 Å². The summed E-state index contributed by atoms with van der Waals surface area (Å²) >= 11 is 1.18. The Bertz CT molecular complexity index is 536. The van der Waals surface area contributed by atoms with Gasteiger partial charge in [-0.2, -0.15) is 0 Å². The maximum atomic E-state index is 11.6. The second-order valence-electron chi connectivity index (χ2n) is 5.52. The molecule has 26 heavy (non-hydrogen) atoms. The van der Waals surface area contributed by atoms with Crippen LogP contribution in [0.5, 0.6) is 0 Å². The molecule has 0 amide bonds. The van der Waals surface area contributed by atoms with E-state index in [0.717, 1.165) is 0 Å². The molecule has 1 fully saturated rings. The molecule has 0 unspecified atom stereocenters. The van der Waals surface area contributed by atoms with Crippen molar-refractivity contribution in [1.29, 1.82) is 0 Å². The lowest BCUT2D eigenvalue weighted by Gasteiger charge is -2.43. The van der Waals surface area contributed by atoms with Gasteiger partial charge in [-0.05, 0) is 6.92 Å². The maximum absolute atomic E-state index is 11.6. The monoisotopic (exact) mass is 392 g/mol. The van der Waals surface area contributed by atoms with E-state index in [9.17, 15) is 19.2 Å². The van der Waals surface area contributed by atoms with E-state index in [0.29, 0.717) is 6.61 Å². The molecule has 10 heteroatoms. The second kappa shape index (κ2) is 10.4. The molecular formula is C16H24O9S. The fourth-order valence-corrected chi connectivity index (χ4v) is 3.92. The molecular weight excluding hydrogens is 368 g/mol. The minimum Gasteiger partial charge on any atom is -0.465 e. The molecule has 0 saturated carbocycles. The fraction of sp³-hybridized carbons (Fsp3) is 0.750. The predicted octanol–water partition coefficient (Wildman–Crippen LogP) is 0.823. The highest BCUT2D eigenvalue weighted by Gasteiger charge is 2.52. The van der Waals surface area contributed by atoms with E-state index in [1.54, 1.807) is 6.92 Å². The maximum Gasteiger partial charge on any atom is 0.303 e. The lowest BCUT2D eigenvalue weighted by molar-refractivity contribution is -0.193. The third-order valence-electron chi connectivity index (χ3n) is 3.28. The first-order valence-corrected chi connectivity index (χ1v) is 9.02. The summed E-state index contributed by atoms with van der Waals surface area (Å²) in [6.07, 6.45) is -3.07. The van der Waals surface area contributed by atoms with Crippen molar-refractivity contribution in [3.8, 4) is 0 Å². The molecule has 0 spiro atoms. The molecule has 0 aromatic heterocycles. The molecule has 0 aliphatic carbocycles. The molecule has 0 bridgehead atoms. The molecule has 1 rings (SSSR count). The lowest BCUT2D eigenvalue weighted by Crippen LogP contribution is -2.59. The van der Waals surface area contributed by atoms with Gasteiger partial charge in [0.05, 0.1) is 5.25 Å². The average molecular weight is 392 g/mol. The number of esters is 4. The molecule has 0 aromatic carbocycles. The van der Waals surface area contributed by atoms with Crippen molar-refractivity contribution in [2.75, 3.05) is 13.2 Å². The van der Waals surface area contributed by atoms with Gasteiger partial charge in [0.1, 0.15) is 12.0 Å². The molecule has 148 valence electrons. The highest BCUT2D eigenvalue weighted by molar-refractivity contribution is 8.00. The fourth-order valence-electron chi connectivity index (χ4n) is 2.49. The van der Waals surface area contributed by atoms with E-state index >= 15 is 0 Å². The Morgan fingerprint density at radius 1 is 0.769 bits per heavy atom. The van der Waals surface area contributed by atoms with Gasteiger partial charge >= 0.3 is 23.9 Å². The van der Waals surface area contributed by atoms with Crippen LogP contribution in [0.25, 0.3) is 0 Å². The Hall–Kier alpha value is -1.81. The van der Waals surface area contributed by atoms with Crippen LogP contribution in [0.2, 0.25) is 0 Å². The third kappa shape index (κ3) is 6.83. The first-order valence-electron chi connectivity index (χ1n) is 8.07. The number of ether oxygens (including phenoxy) is 5. The van der Waals surface area contributed by atoms with Crippen molar-refractivity contribution in [2.45, 2.75) is 63.6 Å². The highest BCUT2D eigenvalue weighted by atomic mass is 32.2. The van der Waals surface area contributed by atoms with Gasteiger partial charge in [0.2, 0.25) is 0 Å². The van der Waals surface area contributed by atoms with Crippen molar-refractivity contribution >= 4 is 35.6 Å². The van der Waals surface area contributed by atoms with E-state index in [4.69, 9.17) is 23.7 Å². The third-order valence-corrected chi connectivity index (χ3v) is 4.71. The quantitative estimate of drug-likeness (QED) is 0.455. The molecule has 1 aliphatic rings. The van der Waals surface area contributed by atoms with Gasteiger partial charge in [0.15, 0.2) is 18.3 Å². The van der Waals surface area contributed by atoms with Gasteiger partial charge in [-0.1, -0.05) is 0 Å². The molecule has 1 heterocycles. The lowest BCUT2D eigenvalue weighted by atomic mass is 10.0. The van der Waals surface area contributed by atoms with Crippen LogP contribution in [0.3, 0.4) is 0 Å². The van der Waals surface area contributed by atoms with Crippen LogP contribution >= 0.6 is 11.8 Å². The number of carbonyl (C=O) groups excluding carboxylic acids is 4. The number of rotatable bonds is 7. The summed E-state index contributed by atoms with van der Waals surface area (Å²) in [5.41, 5.74) is -0.694. The van der Waals surface area contributed by atoms with E-state index in [-0.39, 0.29) is 6.61 Å². The number of hydrogen-bond acceptors (Lipinski definition) is 10. The molecule has 1 saturated heterocycles. The van der Waals surface area contributed by atoms with Crippen molar-refractivity contribution in [1.82, 2.24) is 0 Å². The molecule has 0 N–H and O–H groups in total. The SMILES string of the molecule is CCO[C@@H]1S[C@H](COC(C)=O)[C@@H](OC(C)=O)[C@H](OC(C)=O)[C@@H]1OC(C)=O. The predicted molar refractivity (Wildman–Crippen MR) is 90.1 cm³/mol. The Balaban J connectivity index is 3.22. The zero-order chi connectivity index (χ0) is 19.9. The number of thioether (sulfide) groups is 1. The minimum absolute atomic E-state index is 0.0912. The van der Waals surface area contributed by atoms with Crippen LogP contribution < -0.4 is 0 Å². The first kappa shape index (κ1) is 22.2. The van der Waals surface area contributed by atoms with E-state index in [1.807, 2.05) is 0 Å². The summed E-state index contributed by atoms with van der Waals surface area (Å²) in [6, 6.07) is 0. The smallest absolute Gasteiger partial charge is 0.303 e. The zero-order valence-corrected chi connectivity index (χ0v) is 16.2. The van der Waals surface area contributed by atoms with Crippen LogP contribution in [-0.2, 0) is 42.9 Å². The second-order valence-corrected chi connectivity index (χ2v) is 6.87. The number of hydrogen-bond donors (Lipinski definition) is 0. The molecule has 0 aromatic rings. The minimum atomic E-state index is -1.10. The summed E-state index contributed by atoms with van der Waals surface area (Å²) in [5.74, 6) is -2.36. The standard InChI is InChI=1S/C16H24O9S/c1-6-21-16-15(25-11(5)20)14(24-10(4)19)13(23-9(3)18)12(26-16)7-22-8(2)17/h12-16H,6-7H2,1-5H3/t12-,13-,14+,15+,16-/m1/s1. The Morgan fingerprint density at radius 2 is 1.27 bits per heavy atom. The highest BCUT2D eigenvalue weighted by Crippen LogP contribution is 2.38. The zero-order valence-electron chi connectivity index (χ0n) is 15.4. The average Bonchev–Trinajstić information content (AvgIpc) is 2.50. The van der Waals surface area contributed by atoms with E-state index < -0.39 is 52.9 Å². The van der Waals surface area contributed by atoms with Gasteiger partial charge < -0.3 is 23.7 Å². The van der Waals surface area contributed by atoms with Gasteiger partial charge in [-0.3, -0.25) is 19.2 Å². The molecule has 0 radical (unpaired) electrons. The van der Waals surface area contributed by atoms with Crippen molar-refractivity contribution < 1.29 is 42.9 Å². The summed E-state index contributed by atoms with van der Waals surface area (Å²) in [5, 5.41) is -0.574. The summed E-state index contributed by atoms with van der Waals surface area (Å²) < 4.78 is 26.6. The van der Waals surface area contributed by atoms with E-state index in [1.165, 1.54) is 39.5 Å². The topological polar surface area (TPSA) is 114 Å². The van der Waals surface area contributed by atoms with Crippen molar-refractivity contribution in [3.63, 3.8) is 0 Å². The molecule has 1 aliphatic heterocycles. The van der Waals surface area contributed by atoms with Gasteiger partial charge in [-0.15, -0.1) is 11.8 Å². The first-order chi connectivity index (χ1) is 12.1. The largest absolute Gasteiger partial charge is 0.465 e. The normalized spacial score (nSPS) is 28.0. The Morgan fingerprint density at radius 3 is 1.73 bits per heavy atom. The molecule has 5 atom stereocenters. The van der Waals surface area contributed by atoms with Gasteiger partial charge in [-0.25, -0.2) is 0 Å². The van der Waals surface area contributed by atoms with Crippen LogP contribution in [0.4, 0.5) is 0 Å². The van der Waals surface area contributed by atoms with E-state index in [2.05, 4.69) is 0 Å². The van der Waals surface area contributed by atoms with Crippen LogP contribution in [0, 0.1) is 0 Å². The Kier molecular flexibility index (Phi) is 8.86. The van der Waals surface area contributed by atoms with Gasteiger partial charge in [0.25, 0.3) is 0 Å². The van der Waals surface area contributed by atoms with Crippen molar-refractivity contribution in [2.24, 2.45) is 0 Å². The van der Waals surface area contributed by atoms with Gasteiger partial charge in [0, 0.05) is 34.3 Å². The molecule has 9 nitrogen and oxygen atoms in total. The van der Waals surface area contributed by atoms with Crippen LogP contribution in [0.1, 0.15) is 34.6 Å². The summed E-state index contributed by atoms with van der Waals surface area (Å²) in [4.78, 5) is 45.8. The summed E-state index contributed by atoms with van der Waals surface area (Å²) in [7, 11) is 0. The Labute approximate surface area is 156 Å². The van der Waals surface area contributed by atoms with Crippen LogP contribution in [-0.4, -0.2) is 66.1 Å².